The summed E-state index contributed by atoms with van der Waals surface area (Å²) in [4.78, 5) is 0. The van der Waals surface area contributed by atoms with E-state index in [9.17, 15) is 4.57 Å². The molecule has 0 bridgehead atoms. The second-order valence-electron chi connectivity index (χ2n) is 4.86. The van der Waals surface area contributed by atoms with E-state index in [4.69, 9.17) is 4.52 Å². The highest BCUT2D eigenvalue weighted by atomic mass is 31.2. The molecule has 0 aromatic heterocycles. The predicted molar refractivity (Wildman–Crippen MR) is 85.4 cm³/mol. The first-order valence-electron chi connectivity index (χ1n) is 7.05. The van der Waals surface area contributed by atoms with Crippen molar-refractivity contribution < 1.29 is 9.09 Å². The van der Waals surface area contributed by atoms with Gasteiger partial charge in [-0.15, -0.1) is 0 Å². The lowest BCUT2D eigenvalue weighted by atomic mass is 10.2. The van der Waals surface area contributed by atoms with E-state index in [1.54, 1.807) is 0 Å². The van der Waals surface area contributed by atoms with Crippen LogP contribution in [-0.4, -0.2) is 6.61 Å². The molecule has 0 heterocycles. The fourth-order valence-electron chi connectivity index (χ4n) is 2.14. The summed E-state index contributed by atoms with van der Waals surface area (Å²) in [6.07, 6.45) is 1.95. The second-order valence-corrected chi connectivity index (χ2v) is 7.22. The molecule has 0 aliphatic carbocycles. The predicted octanol–water partition coefficient (Wildman–Crippen LogP) is 4.04. The van der Waals surface area contributed by atoms with Gasteiger partial charge in [0.25, 0.3) is 7.37 Å². The highest BCUT2D eigenvalue weighted by Gasteiger charge is 2.29. The minimum atomic E-state index is -2.99. The minimum Gasteiger partial charge on any atom is -0.322 e. The molecule has 3 heteroatoms. The summed E-state index contributed by atoms with van der Waals surface area (Å²) in [5.41, 5.74) is 1.01. The first-order chi connectivity index (χ1) is 9.68. The molecule has 0 amide bonds. The van der Waals surface area contributed by atoms with E-state index < -0.39 is 7.37 Å². The Bertz CT molecular complexity index is 593. The fourth-order valence-corrected chi connectivity index (χ4v) is 4.48. The molecule has 20 heavy (non-hydrogen) atoms. The largest absolute Gasteiger partial charge is 0.322 e. The summed E-state index contributed by atoms with van der Waals surface area (Å²) in [5, 5.41) is 1.58. The zero-order valence-corrected chi connectivity index (χ0v) is 13.0. The first-order valence-corrected chi connectivity index (χ1v) is 8.67. The molecular weight excluding hydrogens is 267 g/mol. The zero-order chi connectivity index (χ0) is 14.4. The molecule has 0 aliphatic heterocycles. The first kappa shape index (κ1) is 15.0. The molecular formula is C17H21O2P. The number of hydrogen-bond acceptors (Lipinski definition) is 2. The van der Waals surface area contributed by atoms with Crippen LogP contribution in [0.1, 0.15) is 25.3 Å². The van der Waals surface area contributed by atoms with Gasteiger partial charge in [-0.25, -0.2) is 0 Å². The topological polar surface area (TPSA) is 26.3 Å². The van der Waals surface area contributed by atoms with Crippen molar-refractivity contribution in [3.05, 3.63) is 60.2 Å². The van der Waals surface area contributed by atoms with E-state index in [0.717, 1.165) is 29.0 Å². The Balaban J connectivity index is 2.45. The lowest BCUT2D eigenvalue weighted by Gasteiger charge is -2.21. The Morgan fingerprint density at radius 3 is 2.30 bits per heavy atom. The maximum absolute atomic E-state index is 13.5. The summed E-state index contributed by atoms with van der Waals surface area (Å²) in [6.45, 7) is 4.61. The average molecular weight is 288 g/mol. The van der Waals surface area contributed by atoms with Crippen LogP contribution in [0.25, 0.3) is 0 Å². The van der Waals surface area contributed by atoms with E-state index in [1.165, 1.54) is 0 Å². The quantitative estimate of drug-likeness (QED) is 0.592. The van der Waals surface area contributed by atoms with Crippen LogP contribution >= 0.6 is 7.37 Å². The van der Waals surface area contributed by atoms with Gasteiger partial charge in [-0.3, -0.25) is 4.57 Å². The van der Waals surface area contributed by atoms with E-state index in [2.05, 4.69) is 6.92 Å². The SMILES string of the molecule is CCCCOP(=O)(c1ccccc1)c1ccccc1C. The molecule has 0 N–H and O–H groups in total. The van der Waals surface area contributed by atoms with Crippen molar-refractivity contribution >= 4 is 18.0 Å². The van der Waals surface area contributed by atoms with Crippen LogP contribution in [0.2, 0.25) is 0 Å². The molecule has 2 aromatic carbocycles. The monoisotopic (exact) mass is 288 g/mol. The van der Waals surface area contributed by atoms with Gasteiger partial charge >= 0.3 is 0 Å². The number of aryl methyl sites for hydroxylation is 1. The normalized spacial score (nSPS) is 13.9. The molecule has 0 saturated carbocycles. The van der Waals surface area contributed by atoms with Crippen LogP contribution in [0.4, 0.5) is 0 Å². The summed E-state index contributed by atoms with van der Waals surface area (Å²) in [5.74, 6) is 0. The number of rotatable bonds is 6. The molecule has 2 rings (SSSR count). The number of unbranched alkanes of at least 4 members (excludes halogenated alkanes) is 1. The van der Waals surface area contributed by atoms with Crippen molar-refractivity contribution in [3.63, 3.8) is 0 Å². The molecule has 0 saturated heterocycles. The van der Waals surface area contributed by atoms with Gasteiger partial charge in [0, 0.05) is 10.6 Å². The molecule has 0 aliphatic rings. The van der Waals surface area contributed by atoms with E-state index in [1.807, 2.05) is 61.5 Å². The Kier molecular flexibility index (Phi) is 5.17. The molecule has 0 radical (unpaired) electrons. The van der Waals surface area contributed by atoms with Gasteiger partial charge in [-0.2, -0.15) is 0 Å². The van der Waals surface area contributed by atoms with Crippen LogP contribution in [0.3, 0.4) is 0 Å². The lowest BCUT2D eigenvalue weighted by Crippen LogP contribution is -2.20. The maximum atomic E-state index is 13.5. The van der Waals surface area contributed by atoms with Crippen LogP contribution in [0, 0.1) is 6.92 Å². The Morgan fingerprint density at radius 2 is 1.65 bits per heavy atom. The van der Waals surface area contributed by atoms with E-state index in [0.29, 0.717) is 6.61 Å². The van der Waals surface area contributed by atoms with Gasteiger partial charge in [-0.1, -0.05) is 49.7 Å². The van der Waals surface area contributed by atoms with Crippen molar-refractivity contribution in [2.24, 2.45) is 0 Å². The highest BCUT2D eigenvalue weighted by molar-refractivity contribution is 7.74. The van der Waals surface area contributed by atoms with Crippen molar-refractivity contribution in [2.75, 3.05) is 6.61 Å². The van der Waals surface area contributed by atoms with Crippen LogP contribution in [0.15, 0.2) is 54.6 Å². The molecule has 0 fully saturated rings. The third-order valence-corrected chi connectivity index (χ3v) is 5.96. The van der Waals surface area contributed by atoms with Gasteiger partial charge in [0.2, 0.25) is 0 Å². The lowest BCUT2D eigenvalue weighted by molar-refractivity contribution is 0.318. The van der Waals surface area contributed by atoms with Crippen LogP contribution in [-0.2, 0) is 9.09 Å². The Hall–Kier alpha value is -1.37. The third kappa shape index (κ3) is 3.20. The van der Waals surface area contributed by atoms with Gasteiger partial charge in [0.1, 0.15) is 0 Å². The molecule has 1 unspecified atom stereocenters. The maximum Gasteiger partial charge on any atom is 0.261 e. The smallest absolute Gasteiger partial charge is 0.261 e. The van der Waals surface area contributed by atoms with E-state index >= 15 is 0 Å². The summed E-state index contributed by atoms with van der Waals surface area (Å²) in [7, 11) is -2.99. The van der Waals surface area contributed by atoms with E-state index in [-0.39, 0.29) is 0 Å². The van der Waals surface area contributed by atoms with Crippen LogP contribution in [0.5, 0.6) is 0 Å². The molecule has 106 valence electrons. The van der Waals surface area contributed by atoms with Crippen molar-refractivity contribution in [1.82, 2.24) is 0 Å². The van der Waals surface area contributed by atoms with Gasteiger partial charge in [-0.05, 0) is 37.1 Å². The molecule has 2 nitrogen and oxygen atoms in total. The summed E-state index contributed by atoms with van der Waals surface area (Å²) in [6, 6.07) is 17.3. The second kappa shape index (κ2) is 6.88. The highest BCUT2D eigenvalue weighted by Crippen LogP contribution is 2.45. The van der Waals surface area contributed by atoms with Crippen molar-refractivity contribution in [1.29, 1.82) is 0 Å². The Labute approximate surface area is 121 Å². The van der Waals surface area contributed by atoms with Gasteiger partial charge in [0.15, 0.2) is 0 Å². The van der Waals surface area contributed by atoms with Crippen LogP contribution < -0.4 is 10.6 Å². The third-order valence-electron chi connectivity index (χ3n) is 3.30. The molecule has 2 aromatic rings. The molecule has 1 atom stereocenters. The number of hydrogen-bond donors (Lipinski definition) is 0. The minimum absolute atomic E-state index is 0.525. The summed E-state index contributed by atoms with van der Waals surface area (Å²) >= 11 is 0. The molecule has 0 spiro atoms. The van der Waals surface area contributed by atoms with Gasteiger partial charge in [0.05, 0.1) is 6.61 Å². The average Bonchev–Trinajstić information content (AvgIpc) is 2.49. The van der Waals surface area contributed by atoms with Crippen molar-refractivity contribution in [2.45, 2.75) is 26.7 Å². The summed E-state index contributed by atoms with van der Waals surface area (Å²) < 4.78 is 19.4. The number of benzene rings is 2. The van der Waals surface area contributed by atoms with Crippen molar-refractivity contribution in [3.8, 4) is 0 Å². The zero-order valence-electron chi connectivity index (χ0n) is 12.1. The Morgan fingerprint density at radius 1 is 1.00 bits per heavy atom. The fraction of sp³-hybridized carbons (Fsp3) is 0.294. The van der Waals surface area contributed by atoms with Gasteiger partial charge < -0.3 is 4.52 Å². The standard InChI is InChI=1S/C17H21O2P/c1-3-4-14-19-20(18,16-11-6-5-7-12-16)17-13-9-8-10-15(17)2/h5-13H,3-4,14H2,1-2H3.